The zero-order valence-corrected chi connectivity index (χ0v) is 11.8. The van der Waals surface area contributed by atoms with Crippen LogP contribution in [0.3, 0.4) is 0 Å². The molecule has 6 heteroatoms. The highest BCUT2D eigenvalue weighted by Crippen LogP contribution is 2.46. The van der Waals surface area contributed by atoms with Crippen molar-refractivity contribution in [2.45, 2.75) is 19.3 Å². The summed E-state index contributed by atoms with van der Waals surface area (Å²) in [5.74, 6) is 0.498. The molecule has 19 heavy (non-hydrogen) atoms. The van der Waals surface area contributed by atoms with Gasteiger partial charge in [-0.1, -0.05) is 5.16 Å². The number of hydrogen-bond acceptors (Lipinski definition) is 6. The van der Waals surface area contributed by atoms with E-state index in [1.165, 1.54) is 6.33 Å². The molecule has 0 amide bonds. The van der Waals surface area contributed by atoms with Crippen LogP contribution >= 0.6 is 11.3 Å². The highest BCUT2D eigenvalue weighted by Gasteiger charge is 2.41. The number of nitrogens with two attached hydrogens (primary N) is 1. The molecule has 0 saturated heterocycles. The summed E-state index contributed by atoms with van der Waals surface area (Å²) in [5, 5.41) is 6.23. The molecular weight excluding hydrogens is 260 g/mol. The SMILES string of the molecule is CON=C1c2ccsc2-c2ncnc(N)c2C1(C)C. The number of hydrogen-bond donors (Lipinski definition) is 1. The molecule has 2 aromatic rings. The smallest absolute Gasteiger partial charge is 0.131 e. The van der Waals surface area contributed by atoms with Gasteiger partial charge in [0, 0.05) is 16.5 Å². The molecular formula is C13H14N4OS. The fraction of sp³-hybridized carbons (Fsp3) is 0.308. The summed E-state index contributed by atoms with van der Waals surface area (Å²) >= 11 is 1.62. The highest BCUT2D eigenvalue weighted by molar-refractivity contribution is 7.14. The third-order valence-electron chi connectivity index (χ3n) is 3.41. The third kappa shape index (κ3) is 1.56. The summed E-state index contributed by atoms with van der Waals surface area (Å²) in [6, 6.07) is 2.04. The Balaban J connectivity index is 2.40. The van der Waals surface area contributed by atoms with Gasteiger partial charge in [-0.2, -0.15) is 0 Å². The van der Waals surface area contributed by atoms with Crippen molar-refractivity contribution < 1.29 is 4.84 Å². The number of nitrogens with zero attached hydrogens (tertiary/aromatic N) is 3. The van der Waals surface area contributed by atoms with Crippen LogP contribution in [0.1, 0.15) is 25.0 Å². The molecule has 1 aliphatic carbocycles. The zero-order valence-electron chi connectivity index (χ0n) is 11.0. The summed E-state index contributed by atoms with van der Waals surface area (Å²) in [6.07, 6.45) is 1.51. The van der Waals surface area contributed by atoms with Gasteiger partial charge >= 0.3 is 0 Å². The van der Waals surface area contributed by atoms with Gasteiger partial charge in [0.2, 0.25) is 0 Å². The summed E-state index contributed by atoms with van der Waals surface area (Å²) in [7, 11) is 1.55. The Morgan fingerprint density at radius 3 is 2.89 bits per heavy atom. The predicted octanol–water partition coefficient (Wildman–Crippen LogP) is 2.43. The molecule has 98 valence electrons. The second kappa shape index (κ2) is 4.03. The van der Waals surface area contributed by atoms with Crippen molar-refractivity contribution in [3.63, 3.8) is 0 Å². The molecule has 3 rings (SSSR count). The Morgan fingerprint density at radius 1 is 1.37 bits per heavy atom. The van der Waals surface area contributed by atoms with Crippen LogP contribution in [0.2, 0.25) is 0 Å². The average molecular weight is 274 g/mol. The van der Waals surface area contributed by atoms with E-state index in [1.807, 2.05) is 11.4 Å². The molecule has 0 atom stereocenters. The predicted molar refractivity (Wildman–Crippen MR) is 76.3 cm³/mol. The quantitative estimate of drug-likeness (QED) is 0.810. The van der Waals surface area contributed by atoms with Crippen LogP contribution in [0.15, 0.2) is 22.9 Å². The van der Waals surface area contributed by atoms with E-state index in [4.69, 9.17) is 10.6 Å². The Morgan fingerprint density at radius 2 is 2.16 bits per heavy atom. The first-order valence-corrected chi connectivity index (χ1v) is 6.76. The van der Waals surface area contributed by atoms with Gasteiger partial charge in [-0.05, 0) is 25.3 Å². The van der Waals surface area contributed by atoms with E-state index in [1.54, 1.807) is 18.4 Å². The van der Waals surface area contributed by atoms with Gasteiger partial charge in [-0.15, -0.1) is 11.3 Å². The molecule has 2 N–H and O–H groups in total. The minimum absolute atomic E-state index is 0.384. The molecule has 0 fully saturated rings. The molecule has 5 nitrogen and oxygen atoms in total. The lowest BCUT2D eigenvalue weighted by atomic mass is 9.72. The van der Waals surface area contributed by atoms with Gasteiger partial charge in [0.1, 0.15) is 19.3 Å². The molecule has 0 spiro atoms. The van der Waals surface area contributed by atoms with Crippen LogP contribution in [-0.2, 0) is 10.3 Å². The Labute approximate surface area is 115 Å². The van der Waals surface area contributed by atoms with Crippen LogP contribution in [-0.4, -0.2) is 22.8 Å². The van der Waals surface area contributed by atoms with E-state index in [9.17, 15) is 0 Å². The first-order chi connectivity index (χ1) is 9.07. The second-order valence-corrected chi connectivity index (χ2v) is 5.81. The monoisotopic (exact) mass is 274 g/mol. The molecule has 0 saturated carbocycles. The van der Waals surface area contributed by atoms with E-state index < -0.39 is 0 Å². The minimum atomic E-state index is -0.384. The van der Waals surface area contributed by atoms with Gasteiger partial charge in [-0.25, -0.2) is 9.97 Å². The fourth-order valence-electron chi connectivity index (χ4n) is 2.58. The van der Waals surface area contributed by atoms with Crippen molar-refractivity contribution >= 4 is 22.9 Å². The summed E-state index contributed by atoms with van der Waals surface area (Å²) in [6.45, 7) is 4.12. The van der Waals surface area contributed by atoms with Gasteiger partial charge in [0.15, 0.2) is 0 Å². The van der Waals surface area contributed by atoms with Crippen LogP contribution < -0.4 is 5.73 Å². The molecule has 2 heterocycles. The van der Waals surface area contributed by atoms with Crippen LogP contribution in [0.5, 0.6) is 0 Å². The first kappa shape index (κ1) is 12.1. The lowest BCUT2D eigenvalue weighted by molar-refractivity contribution is 0.211. The summed E-state index contributed by atoms with van der Waals surface area (Å²) in [4.78, 5) is 14.6. The molecule has 0 aromatic carbocycles. The highest BCUT2D eigenvalue weighted by atomic mass is 32.1. The Hall–Kier alpha value is -1.95. The largest absolute Gasteiger partial charge is 0.399 e. The van der Waals surface area contributed by atoms with Crippen molar-refractivity contribution in [1.29, 1.82) is 0 Å². The number of anilines is 1. The fourth-order valence-corrected chi connectivity index (χ4v) is 3.47. The molecule has 1 aliphatic rings. The molecule has 0 bridgehead atoms. The van der Waals surface area contributed by atoms with Gasteiger partial charge < -0.3 is 10.6 Å². The van der Waals surface area contributed by atoms with Crippen LogP contribution in [0.25, 0.3) is 10.6 Å². The lowest BCUT2D eigenvalue weighted by Crippen LogP contribution is -2.35. The number of fused-ring (bicyclic) bond motifs is 3. The Bertz CT molecular complexity index is 675. The first-order valence-electron chi connectivity index (χ1n) is 5.88. The number of oxime groups is 1. The third-order valence-corrected chi connectivity index (χ3v) is 4.33. The lowest BCUT2D eigenvalue weighted by Gasteiger charge is -2.32. The van der Waals surface area contributed by atoms with Crippen molar-refractivity contribution in [3.05, 3.63) is 28.9 Å². The van der Waals surface area contributed by atoms with Crippen LogP contribution in [0.4, 0.5) is 5.82 Å². The maximum Gasteiger partial charge on any atom is 0.131 e. The number of nitrogen functional groups attached to an aromatic ring is 1. The molecule has 0 radical (unpaired) electrons. The van der Waals surface area contributed by atoms with E-state index in [-0.39, 0.29) is 5.41 Å². The maximum absolute atomic E-state index is 6.06. The number of aromatic nitrogens is 2. The van der Waals surface area contributed by atoms with Gasteiger partial charge in [-0.3, -0.25) is 0 Å². The van der Waals surface area contributed by atoms with Gasteiger partial charge in [0.05, 0.1) is 16.3 Å². The Kier molecular flexibility index (Phi) is 2.56. The topological polar surface area (TPSA) is 73.4 Å². The van der Waals surface area contributed by atoms with Gasteiger partial charge in [0.25, 0.3) is 0 Å². The average Bonchev–Trinajstić information content (AvgIpc) is 2.83. The minimum Gasteiger partial charge on any atom is -0.399 e. The molecule has 2 aromatic heterocycles. The maximum atomic E-state index is 6.06. The van der Waals surface area contributed by atoms with Crippen molar-refractivity contribution in [1.82, 2.24) is 9.97 Å². The number of thiophene rings is 1. The van der Waals surface area contributed by atoms with Crippen molar-refractivity contribution in [3.8, 4) is 10.6 Å². The summed E-state index contributed by atoms with van der Waals surface area (Å²) < 4.78 is 0. The van der Waals surface area contributed by atoms with E-state index in [2.05, 4.69) is 29.0 Å². The molecule has 0 unspecified atom stereocenters. The number of rotatable bonds is 1. The van der Waals surface area contributed by atoms with E-state index >= 15 is 0 Å². The standard InChI is InChI=1S/C13H14N4OS/c1-13(2)8-9(15-6-16-12(8)14)10-7(4-5-19-10)11(13)17-18-3/h4-6H,1-3H3,(H2,14,15,16). The van der Waals surface area contributed by atoms with E-state index in [0.717, 1.165) is 27.4 Å². The molecule has 0 aliphatic heterocycles. The second-order valence-electron chi connectivity index (χ2n) is 4.89. The normalized spacial score (nSPS) is 17.9. The summed E-state index contributed by atoms with van der Waals surface area (Å²) in [5.41, 5.74) is 9.41. The van der Waals surface area contributed by atoms with Crippen molar-refractivity contribution in [2.75, 3.05) is 12.8 Å². The van der Waals surface area contributed by atoms with E-state index in [0.29, 0.717) is 5.82 Å². The van der Waals surface area contributed by atoms with Crippen molar-refractivity contribution in [2.24, 2.45) is 5.16 Å². The zero-order chi connectivity index (χ0) is 13.6. The van der Waals surface area contributed by atoms with Crippen LogP contribution in [0, 0.1) is 0 Å².